The van der Waals surface area contributed by atoms with Crippen molar-refractivity contribution in [1.29, 1.82) is 0 Å². The molecule has 1 saturated heterocycles. The Morgan fingerprint density at radius 1 is 1.05 bits per heavy atom. The Labute approximate surface area is 134 Å². The van der Waals surface area contributed by atoms with Crippen LogP contribution in [0.4, 0.5) is 0 Å². The maximum absolute atomic E-state index is 5.91. The topological polar surface area (TPSA) is 36.9 Å². The van der Waals surface area contributed by atoms with E-state index in [1.54, 1.807) is 7.11 Å². The Morgan fingerprint density at radius 2 is 1.76 bits per heavy atom. The van der Waals surface area contributed by atoms with Gasteiger partial charge in [-0.25, -0.2) is 0 Å². The second kappa shape index (κ2) is 8.86. The summed E-state index contributed by atoms with van der Waals surface area (Å²) >= 11 is 3.46. The summed E-state index contributed by atoms with van der Waals surface area (Å²) in [7, 11) is 1.68. The zero-order valence-corrected chi connectivity index (χ0v) is 14.1. The fourth-order valence-electron chi connectivity index (χ4n) is 2.42. The minimum absolute atomic E-state index is 0.576. The molecule has 1 heterocycles. The highest BCUT2D eigenvalue weighted by atomic mass is 79.9. The second-order valence-electron chi connectivity index (χ2n) is 5.02. The van der Waals surface area contributed by atoms with Gasteiger partial charge in [0.2, 0.25) is 0 Å². The first kappa shape index (κ1) is 16.9. The van der Waals surface area contributed by atoms with Crippen LogP contribution in [0, 0.1) is 0 Å². The van der Waals surface area contributed by atoms with Gasteiger partial charge in [0.1, 0.15) is 0 Å². The summed E-state index contributed by atoms with van der Waals surface area (Å²) in [5.41, 5.74) is 1.09. The van der Waals surface area contributed by atoms with Crippen molar-refractivity contribution in [2.24, 2.45) is 0 Å². The zero-order valence-electron chi connectivity index (χ0n) is 12.5. The minimum atomic E-state index is -0.576. The Hall–Kier alpha value is -0.460. The zero-order chi connectivity index (χ0) is 15.0. The number of methoxy groups -OCH3 is 1. The molecule has 4 nitrogen and oxygen atoms in total. The first-order chi connectivity index (χ1) is 10.3. The number of ether oxygens (including phenoxy) is 4. The van der Waals surface area contributed by atoms with Crippen LogP contribution in [0.2, 0.25) is 0 Å². The van der Waals surface area contributed by atoms with E-state index in [1.807, 2.05) is 12.1 Å². The van der Waals surface area contributed by atoms with Crippen molar-refractivity contribution in [2.75, 3.05) is 40.1 Å². The quantitative estimate of drug-likeness (QED) is 0.633. The van der Waals surface area contributed by atoms with Crippen LogP contribution in [0.25, 0.3) is 0 Å². The molecule has 1 fully saturated rings. The fraction of sp³-hybridized carbons (Fsp3) is 0.625. The van der Waals surface area contributed by atoms with Crippen LogP contribution in [0.5, 0.6) is 0 Å². The third-order valence-corrected chi connectivity index (χ3v) is 4.04. The largest absolute Gasteiger partial charge is 0.382 e. The average Bonchev–Trinajstić information content (AvgIpc) is 2.97. The predicted molar refractivity (Wildman–Crippen MR) is 84.3 cm³/mol. The van der Waals surface area contributed by atoms with Gasteiger partial charge in [-0.3, -0.25) is 0 Å². The summed E-state index contributed by atoms with van der Waals surface area (Å²) in [6, 6.07) is 8.17. The Kier molecular flexibility index (Phi) is 7.13. The molecule has 0 unspecified atom stereocenters. The van der Waals surface area contributed by atoms with E-state index in [4.69, 9.17) is 18.9 Å². The molecule has 118 valence electrons. The van der Waals surface area contributed by atoms with E-state index < -0.39 is 5.79 Å². The lowest BCUT2D eigenvalue weighted by Crippen LogP contribution is -2.27. The van der Waals surface area contributed by atoms with E-state index in [-0.39, 0.29) is 0 Å². The van der Waals surface area contributed by atoms with Crippen molar-refractivity contribution < 1.29 is 18.9 Å². The summed E-state index contributed by atoms with van der Waals surface area (Å²) in [5.74, 6) is -0.576. The lowest BCUT2D eigenvalue weighted by atomic mass is 10.00. The van der Waals surface area contributed by atoms with Gasteiger partial charge in [0.05, 0.1) is 26.4 Å². The van der Waals surface area contributed by atoms with Crippen LogP contribution in [0.1, 0.15) is 24.8 Å². The van der Waals surface area contributed by atoms with Gasteiger partial charge >= 0.3 is 0 Å². The molecule has 1 aliphatic rings. The molecule has 0 amide bonds. The fourth-order valence-corrected chi connectivity index (χ4v) is 2.68. The highest BCUT2D eigenvalue weighted by Crippen LogP contribution is 2.36. The number of unbranched alkanes of at least 4 members (excludes halogenated alkanes) is 1. The normalized spacial score (nSPS) is 17.2. The smallest absolute Gasteiger partial charge is 0.194 e. The van der Waals surface area contributed by atoms with Gasteiger partial charge in [-0.2, -0.15) is 0 Å². The monoisotopic (exact) mass is 358 g/mol. The maximum atomic E-state index is 5.91. The Bertz CT molecular complexity index is 401. The molecule has 5 heteroatoms. The highest BCUT2D eigenvalue weighted by molar-refractivity contribution is 9.10. The summed E-state index contributed by atoms with van der Waals surface area (Å²) in [5, 5.41) is 0. The van der Waals surface area contributed by atoms with Gasteiger partial charge in [0, 0.05) is 30.2 Å². The van der Waals surface area contributed by atoms with E-state index >= 15 is 0 Å². The van der Waals surface area contributed by atoms with Crippen molar-refractivity contribution in [3.05, 3.63) is 34.3 Å². The molecule has 1 aliphatic heterocycles. The van der Waals surface area contributed by atoms with Gasteiger partial charge in [0.25, 0.3) is 0 Å². The van der Waals surface area contributed by atoms with Crippen LogP contribution in [0.15, 0.2) is 28.7 Å². The molecule has 0 saturated carbocycles. The number of halogens is 1. The number of rotatable bonds is 9. The van der Waals surface area contributed by atoms with Crippen LogP contribution in [-0.4, -0.2) is 40.1 Å². The van der Waals surface area contributed by atoms with Crippen molar-refractivity contribution in [3.8, 4) is 0 Å². The summed E-state index contributed by atoms with van der Waals surface area (Å²) in [4.78, 5) is 0. The van der Waals surface area contributed by atoms with Crippen LogP contribution < -0.4 is 0 Å². The van der Waals surface area contributed by atoms with Gasteiger partial charge in [-0.05, 0) is 25.0 Å². The molecule has 0 aromatic heterocycles. The number of benzene rings is 1. The molecule has 0 bridgehead atoms. The SMILES string of the molecule is COCCOCCCCC1(c2ccc(Br)cc2)OCCO1. The lowest BCUT2D eigenvalue weighted by Gasteiger charge is -2.28. The van der Waals surface area contributed by atoms with E-state index in [9.17, 15) is 0 Å². The van der Waals surface area contributed by atoms with Gasteiger partial charge < -0.3 is 18.9 Å². The minimum Gasteiger partial charge on any atom is -0.382 e. The van der Waals surface area contributed by atoms with E-state index in [2.05, 4.69) is 28.1 Å². The summed E-state index contributed by atoms with van der Waals surface area (Å²) in [6.07, 6.45) is 2.85. The van der Waals surface area contributed by atoms with Crippen LogP contribution in [-0.2, 0) is 24.7 Å². The Balaban J connectivity index is 1.80. The number of hydrogen-bond donors (Lipinski definition) is 0. The van der Waals surface area contributed by atoms with Crippen LogP contribution >= 0.6 is 15.9 Å². The predicted octanol–water partition coefficient (Wildman–Crippen LogP) is 3.48. The van der Waals surface area contributed by atoms with Crippen molar-refractivity contribution in [2.45, 2.75) is 25.0 Å². The van der Waals surface area contributed by atoms with E-state index in [1.165, 1.54) is 0 Å². The lowest BCUT2D eigenvalue weighted by molar-refractivity contribution is -0.172. The molecule has 2 rings (SSSR count). The molecule has 0 atom stereocenters. The molecular formula is C16H23BrO4. The van der Waals surface area contributed by atoms with Gasteiger partial charge in [0.15, 0.2) is 5.79 Å². The molecule has 0 radical (unpaired) electrons. The summed E-state index contributed by atoms with van der Waals surface area (Å²) < 4.78 is 23.3. The average molecular weight is 359 g/mol. The standard InChI is InChI=1S/C16H23BrO4/c1-18-10-11-19-9-3-2-8-16(20-12-13-21-16)14-4-6-15(17)7-5-14/h4-7H,2-3,8-13H2,1H3. The van der Waals surface area contributed by atoms with Gasteiger partial charge in [-0.15, -0.1) is 0 Å². The molecule has 0 aliphatic carbocycles. The summed E-state index contributed by atoms with van der Waals surface area (Å²) in [6.45, 7) is 3.36. The molecular weight excluding hydrogens is 336 g/mol. The van der Waals surface area contributed by atoms with Gasteiger partial charge in [-0.1, -0.05) is 28.1 Å². The molecule has 21 heavy (non-hydrogen) atoms. The highest BCUT2D eigenvalue weighted by Gasteiger charge is 2.37. The van der Waals surface area contributed by atoms with Crippen molar-refractivity contribution in [1.82, 2.24) is 0 Å². The molecule has 1 aromatic rings. The third kappa shape index (κ3) is 5.04. The van der Waals surface area contributed by atoms with Crippen molar-refractivity contribution in [3.63, 3.8) is 0 Å². The van der Waals surface area contributed by atoms with Crippen LogP contribution in [0.3, 0.4) is 0 Å². The Morgan fingerprint density at radius 3 is 2.43 bits per heavy atom. The number of hydrogen-bond acceptors (Lipinski definition) is 4. The van der Waals surface area contributed by atoms with E-state index in [0.717, 1.165) is 35.9 Å². The molecule has 0 N–H and O–H groups in total. The third-order valence-electron chi connectivity index (χ3n) is 3.51. The first-order valence-corrected chi connectivity index (χ1v) is 8.17. The first-order valence-electron chi connectivity index (χ1n) is 7.37. The molecule has 1 aromatic carbocycles. The molecule has 0 spiro atoms. The maximum Gasteiger partial charge on any atom is 0.194 e. The van der Waals surface area contributed by atoms with Crippen molar-refractivity contribution >= 4 is 15.9 Å². The second-order valence-corrected chi connectivity index (χ2v) is 5.93. The van der Waals surface area contributed by atoms with E-state index in [0.29, 0.717) is 26.4 Å².